The van der Waals surface area contributed by atoms with Gasteiger partial charge < -0.3 is 32.5 Å². The van der Waals surface area contributed by atoms with Gasteiger partial charge in [0, 0.05) is 6.42 Å². The van der Waals surface area contributed by atoms with E-state index in [4.69, 9.17) is 11.5 Å². The fourth-order valence-electron chi connectivity index (χ4n) is 2.31. The Balaban J connectivity index is 2.48. The van der Waals surface area contributed by atoms with E-state index < -0.39 is 54.3 Å². The molecule has 29 heavy (non-hydrogen) atoms. The zero-order valence-corrected chi connectivity index (χ0v) is 15.9. The normalized spacial score (nSPS) is 13.4. The summed E-state index contributed by atoms with van der Waals surface area (Å²) in [5.41, 5.74) is 11.1. The topological polar surface area (TPSA) is 194 Å². The summed E-state index contributed by atoms with van der Waals surface area (Å²) in [6.07, 6.45) is -0.291. The molecule has 4 amide bonds. The Kier molecular flexibility index (Phi) is 9.26. The highest BCUT2D eigenvalue weighted by Gasteiger charge is 2.23. The van der Waals surface area contributed by atoms with Gasteiger partial charge in [0.1, 0.15) is 12.1 Å². The van der Waals surface area contributed by atoms with E-state index in [1.807, 2.05) is 0 Å². The van der Waals surface area contributed by atoms with Crippen molar-refractivity contribution in [3.05, 3.63) is 35.9 Å². The van der Waals surface area contributed by atoms with Crippen LogP contribution in [0.25, 0.3) is 0 Å². The molecule has 0 fully saturated rings. The van der Waals surface area contributed by atoms with Crippen LogP contribution in [0.5, 0.6) is 0 Å². The Morgan fingerprint density at radius 1 is 1.03 bits per heavy atom. The molecule has 0 saturated heterocycles. The number of carbonyl (C=O) groups excluding carboxylic acids is 4. The van der Waals surface area contributed by atoms with Gasteiger partial charge in [-0.3, -0.25) is 19.2 Å². The second-order valence-electron chi connectivity index (χ2n) is 6.37. The first kappa shape index (κ1) is 23.6. The third-order valence-electron chi connectivity index (χ3n) is 3.85. The van der Waals surface area contributed by atoms with Crippen LogP contribution in [0.1, 0.15) is 18.9 Å². The monoisotopic (exact) mass is 407 g/mol. The van der Waals surface area contributed by atoms with Gasteiger partial charge in [0.15, 0.2) is 0 Å². The zero-order valence-electron chi connectivity index (χ0n) is 15.9. The van der Waals surface area contributed by atoms with Gasteiger partial charge in [-0.2, -0.15) is 0 Å². The Labute approximate surface area is 167 Å². The average molecular weight is 407 g/mol. The van der Waals surface area contributed by atoms with E-state index >= 15 is 0 Å². The van der Waals surface area contributed by atoms with Crippen LogP contribution in [0.4, 0.5) is 0 Å². The van der Waals surface area contributed by atoms with E-state index in [1.165, 1.54) is 6.92 Å². The maximum atomic E-state index is 12.0. The van der Waals surface area contributed by atoms with Gasteiger partial charge in [-0.25, -0.2) is 4.79 Å². The number of rotatable bonds is 11. The predicted molar refractivity (Wildman–Crippen MR) is 102 cm³/mol. The summed E-state index contributed by atoms with van der Waals surface area (Å²) in [7, 11) is 0. The van der Waals surface area contributed by atoms with Crippen LogP contribution in [0.15, 0.2) is 30.3 Å². The van der Waals surface area contributed by atoms with Gasteiger partial charge in [-0.1, -0.05) is 30.3 Å². The van der Waals surface area contributed by atoms with E-state index in [2.05, 4.69) is 16.0 Å². The number of nitrogens with one attached hydrogen (secondary N) is 3. The van der Waals surface area contributed by atoms with E-state index in [0.717, 1.165) is 5.56 Å². The number of amides is 4. The van der Waals surface area contributed by atoms with Gasteiger partial charge in [-0.15, -0.1) is 0 Å². The number of nitrogens with two attached hydrogens (primary N) is 2. The number of hydrogen-bond acceptors (Lipinski definition) is 6. The highest BCUT2D eigenvalue weighted by Crippen LogP contribution is 2.03. The fraction of sp³-hybridized carbons (Fsp3) is 0.389. The van der Waals surface area contributed by atoms with E-state index in [9.17, 15) is 29.1 Å². The molecule has 1 aromatic carbocycles. The van der Waals surface area contributed by atoms with Crippen molar-refractivity contribution in [2.24, 2.45) is 11.5 Å². The van der Waals surface area contributed by atoms with Crippen LogP contribution < -0.4 is 27.4 Å². The predicted octanol–water partition coefficient (Wildman–Crippen LogP) is -2.38. The quantitative estimate of drug-likeness (QED) is 0.236. The minimum atomic E-state index is -1.21. The minimum absolute atomic E-state index is 0.0834. The molecule has 0 radical (unpaired) electrons. The summed E-state index contributed by atoms with van der Waals surface area (Å²) in [6, 6.07) is 5.37. The van der Waals surface area contributed by atoms with Crippen molar-refractivity contribution in [1.82, 2.24) is 16.0 Å². The molecule has 0 spiro atoms. The van der Waals surface area contributed by atoms with Crippen LogP contribution in [-0.2, 0) is 30.4 Å². The molecule has 0 aliphatic carbocycles. The molecule has 0 aliphatic heterocycles. The molecule has 1 aromatic rings. The summed E-state index contributed by atoms with van der Waals surface area (Å²) in [4.78, 5) is 57.8. The van der Waals surface area contributed by atoms with Crippen molar-refractivity contribution in [2.45, 2.75) is 37.9 Å². The standard InChI is InChI=1S/C18H25N5O6/c1-10(22-17(27)12(19)8-14(20)24)16(26)21-9-15(25)23-13(18(28)29)7-11-5-3-2-4-6-11/h2-6,10,12-13H,7-9,19H2,1H3,(H2,20,24)(H,21,26)(H,22,27)(H,23,25)(H,28,29). The summed E-state index contributed by atoms with van der Waals surface area (Å²) in [5.74, 6) is -4.10. The number of benzene rings is 1. The number of carboxylic acids is 1. The number of carbonyl (C=O) groups is 5. The molecule has 3 atom stereocenters. The van der Waals surface area contributed by atoms with Crippen LogP contribution >= 0.6 is 0 Å². The second-order valence-corrected chi connectivity index (χ2v) is 6.37. The van der Waals surface area contributed by atoms with Crippen molar-refractivity contribution in [3.63, 3.8) is 0 Å². The van der Waals surface area contributed by atoms with Crippen LogP contribution in [0.2, 0.25) is 0 Å². The first-order valence-electron chi connectivity index (χ1n) is 8.78. The van der Waals surface area contributed by atoms with E-state index in [0.29, 0.717) is 0 Å². The molecule has 11 nitrogen and oxygen atoms in total. The largest absolute Gasteiger partial charge is 0.480 e. The maximum Gasteiger partial charge on any atom is 0.326 e. The summed E-state index contributed by atoms with van der Waals surface area (Å²) in [5, 5.41) is 16.2. The molecule has 158 valence electrons. The maximum absolute atomic E-state index is 12.0. The number of primary amides is 1. The van der Waals surface area contributed by atoms with Gasteiger partial charge in [0.2, 0.25) is 23.6 Å². The number of carboxylic acid groups (broad SMARTS) is 1. The molecule has 11 heteroatoms. The molecular formula is C18H25N5O6. The highest BCUT2D eigenvalue weighted by molar-refractivity contribution is 5.93. The van der Waals surface area contributed by atoms with Crippen molar-refractivity contribution in [2.75, 3.05) is 6.54 Å². The Morgan fingerprint density at radius 2 is 1.66 bits per heavy atom. The lowest BCUT2D eigenvalue weighted by molar-refractivity contribution is -0.141. The zero-order chi connectivity index (χ0) is 22.0. The lowest BCUT2D eigenvalue weighted by Crippen LogP contribution is -2.53. The van der Waals surface area contributed by atoms with Crippen LogP contribution in [0.3, 0.4) is 0 Å². The van der Waals surface area contributed by atoms with Crippen molar-refractivity contribution >= 4 is 29.6 Å². The molecule has 8 N–H and O–H groups in total. The fourth-order valence-corrected chi connectivity index (χ4v) is 2.31. The van der Waals surface area contributed by atoms with Crippen molar-refractivity contribution in [3.8, 4) is 0 Å². The molecule has 0 bridgehead atoms. The van der Waals surface area contributed by atoms with Crippen LogP contribution in [-0.4, -0.2) is 59.4 Å². The molecule has 1 rings (SSSR count). The van der Waals surface area contributed by atoms with Gasteiger partial charge in [0.25, 0.3) is 0 Å². The SMILES string of the molecule is CC(NC(=O)C(N)CC(N)=O)C(=O)NCC(=O)NC(Cc1ccccc1)C(=O)O. The first-order chi connectivity index (χ1) is 13.6. The average Bonchev–Trinajstić information content (AvgIpc) is 2.65. The van der Waals surface area contributed by atoms with Crippen molar-refractivity contribution in [1.29, 1.82) is 0 Å². The summed E-state index contributed by atoms with van der Waals surface area (Å²) < 4.78 is 0. The minimum Gasteiger partial charge on any atom is -0.480 e. The van der Waals surface area contributed by atoms with E-state index in [-0.39, 0.29) is 12.8 Å². The Bertz CT molecular complexity index is 754. The third kappa shape index (κ3) is 8.84. The molecule has 0 aromatic heterocycles. The Hall–Kier alpha value is -3.47. The molecule has 3 unspecified atom stereocenters. The first-order valence-corrected chi connectivity index (χ1v) is 8.78. The molecule has 0 saturated carbocycles. The van der Waals surface area contributed by atoms with Gasteiger partial charge in [0.05, 0.1) is 19.0 Å². The highest BCUT2D eigenvalue weighted by atomic mass is 16.4. The molecular weight excluding hydrogens is 382 g/mol. The van der Waals surface area contributed by atoms with Crippen LogP contribution in [0, 0.1) is 0 Å². The lowest BCUT2D eigenvalue weighted by atomic mass is 10.1. The molecule has 0 aliphatic rings. The number of hydrogen-bond donors (Lipinski definition) is 6. The lowest BCUT2D eigenvalue weighted by Gasteiger charge is -2.18. The summed E-state index contributed by atoms with van der Waals surface area (Å²) >= 11 is 0. The molecule has 0 heterocycles. The van der Waals surface area contributed by atoms with Gasteiger partial charge >= 0.3 is 5.97 Å². The summed E-state index contributed by atoms with van der Waals surface area (Å²) in [6.45, 7) is 0.878. The van der Waals surface area contributed by atoms with E-state index in [1.54, 1.807) is 30.3 Å². The van der Waals surface area contributed by atoms with Gasteiger partial charge in [-0.05, 0) is 12.5 Å². The second kappa shape index (κ2) is 11.4. The smallest absolute Gasteiger partial charge is 0.326 e. The Morgan fingerprint density at radius 3 is 2.21 bits per heavy atom. The third-order valence-corrected chi connectivity index (χ3v) is 3.85. The number of aliphatic carboxylic acids is 1. The van der Waals surface area contributed by atoms with Crippen molar-refractivity contribution < 1.29 is 29.1 Å².